The molecule has 1 aliphatic heterocycles. The summed E-state index contributed by atoms with van der Waals surface area (Å²) in [4.78, 5) is 17.3. The van der Waals surface area contributed by atoms with Crippen LogP contribution in [0.25, 0.3) is 0 Å². The van der Waals surface area contributed by atoms with Gasteiger partial charge in [-0.25, -0.2) is 0 Å². The van der Waals surface area contributed by atoms with Crippen molar-refractivity contribution in [3.63, 3.8) is 0 Å². The first-order valence-corrected chi connectivity index (χ1v) is 11.1. The summed E-state index contributed by atoms with van der Waals surface area (Å²) in [5.74, 6) is -2.46. The van der Waals surface area contributed by atoms with E-state index in [1.54, 1.807) is 12.1 Å². The van der Waals surface area contributed by atoms with E-state index in [1.165, 1.54) is 19.5 Å². The average molecular weight is 517 g/mol. The zero-order chi connectivity index (χ0) is 22.7. The van der Waals surface area contributed by atoms with Gasteiger partial charge in [0.25, 0.3) is 0 Å². The van der Waals surface area contributed by atoms with E-state index in [0.29, 0.717) is 11.1 Å². The number of ether oxygens (including phenoxy) is 2. The van der Waals surface area contributed by atoms with Crippen LogP contribution >= 0.6 is 27.5 Å². The lowest BCUT2D eigenvalue weighted by Crippen LogP contribution is -2.54. The second kappa shape index (κ2) is 7.56. The van der Waals surface area contributed by atoms with Crippen molar-refractivity contribution in [3.8, 4) is 5.75 Å². The van der Waals surface area contributed by atoms with Crippen LogP contribution in [-0.4, -0.2) is 34.4 Å². The number of fused-ring (bicyclic) bond motifs is 4. The Kier molecular flexibility index (Phi) is 5.05. The number of halogens is 2. The first-order valence-electron chi connectivity index (χ1n) is 9.98. The van der Waals surface area contributed by atoms with Crippen molar-refractivity contribution in [1.29, 1.82) is 0 Å². The van der Waals surface area contributed by atoms with Crippen molar-refractivity contribution in [2.24, 2.45) is 5.92 Å². The molecule has 1 aromatic heterocycles. The number of carbonyl (C=O) groups excluding carboxylic acids is 1. The van der Waals surface area contributed by atoms with E-state index in [2.05, 4.69) is 20.9 Å². The number of aromatic nitrogens is 1. The minimum atomic E-state index is -2.08. The minimum absolute atomic E-state index is 0.0936. The Balaban J connectivity index is 1.89. The molecule has 1 saturated carbocycles. The number of aliphatic hydroxyl groups excluding tert-OH is 1. The van der Waals surface area contributed by atoms with Gasteiger partial charge in [0.1, 0.15) is 23.4 Å². The van der Waals surface area contributed by atoms with Gasteiger partial charge in [-0.05, 0) is 23.3 Å². The molecule has 1 fully saturated rings. The van der Waals surface area contributed by atoms with Crippen LogP contribution in [0.2, 0.25) is 5.02 Å². The Labute approximate surface area is 197 Å². The predicted molar refractivity (Wildman–Crippen MR) is 120 cm³/mol. The molecule has 32 heavy (non-hydrogen) atoms. The molecule has 3 aromatic rings. The fourth-order valence-electron chi connectivity index (χ4n) is 5.30. The first-order chi connectivity index (χ1) is 15.4. The molecular formula is C24H19BrClNO5. The maximum atomic E-state index is 13.2. The highest BCUT2D eigenvalue weighted by atomic mass is 79.9. The summed E-state index contributed by atoms with van der Waals surface area (Å²) in [6.45, 7) is 0. The third-order valence-corrected chi connectivity index (χ3v) is 7.36. The van der Waals surface area contributed by atoms with E-state index in [4.69, 9.17) is 21.1 Å². The number of nitrogens with zero attached hydrogens (tertiary/aromatic N) is 1. The Hall–Kier alpha value is -2.45. The molecule has 0 spiro atoms. The molecule has 6 nitrogen and oxygen atoms in total. The number of aliphatic hydroxyl groups is 2. The molecule has 2 aliphatic rings. The Morgan fingerprint density at radius 1 is 1.16 bits per heavy atom. The van der Waals surface area contributed by atoms with Crippen LogP contribution in [0.3, 0.4) is 0 Å². The third-order valence-electron chi connectivity index (χ3n) is 6.55. The normalized spacial score (nSPS) is 30.3. The molecule has 0 amide bonds. The van der Waals surface area contributed by atoms with E-state index in [1.807, 2.05) is 42.5 Å². The molecule has 8 heteroatoms. The summed E-state index contributed by atoms with van der Waals surface area (Å²) in [7, 11) is 1.25. The van der Waals surface area contributed by atoms with E-state index in [0.717, 1.165) is 4.47 Å². The van der Waals surface area contributed by atoms with Gasteiger partial charge < -0.3 is 19.7 Å². The minimum Gasteiger partial charge on any atom is -0.477 e. The lowest BCUT2D eigenvalue weighted by atomic mass is 9.75. The van der Waals surface area contributed by atoms with Crippen molar-refractivity contribution in [1.82, 2.24) is 4.98 Å². The fourth-order valence-corrected chi connectivity index (χ4v) is 5.86. The quantitative estimate of drug-likeness (QED) is 0.513. The van der Waals surface area contributed by atoms with E-state index in [9.17, 15) is 15.0 Å². The molecule has 2 N–H and O–H groups in total. The van der Waals surface area contributed by atoms with Crippen LogP contribution in [0.5, 0.6) is 5.75 Å². The monoisotopic (exact) mass is 515 g/mol. The number of rotatable bonds is 3. The molecule has 2 aromatic carbocycles. The summed E-state index contributed by atoms with van der Waals surface area (Å²) >= 11 is 9.87. The maximum absolute atomic E-state index is 13.2. The van der Waals surface area contributed by atoms with Crippen molar-refractivity contribution in [2.45, 2.75) is 23.2 Å². The van der Waals surface area contributed by atoms with Gasteiger partial charge in [-0.15, -0.1) is 0 Å². The second-order valence-corrected chi connectivity index (χ2v) is 9.34. The number of benzene rings is 2. The molecule has 0 saturated heterocycles. The summed E-state index contributed by atoms with van der Waals surface area (Å²) < 4.78 is 12.5. The molecule has 2 bridgehead atoms. The largest absolute Gasteiger partial charge is 0.477 e. The molecule has 0 radical (unpaired) electrons. The molecule has 5 atom stereocenters. The first kappa shape index (κ1) is 21.4. The molecule has 5 rings (SSSR count). The lowest BCUT2D eigenvalue weighted by Gasteiger charge is -2.44. The second-order valence-electron chi connectivity index (χ2n) is 8.01. The van der Waals surface area contributed by atoms with Gasteiger partial charge in [-0.2, -0.15) is 0 Å². The fraction of sp³-hybridized carbons (Fsp3) is 0.250. The standard InChI is InChI=1S/C24H19BrClNO5/c1-31-21(28)20-18(13-5-3-2-4-6-13)24(14-7-9-15(25)10-8-14)22(29)23(20,30)19-16(26)11-27-12-17(19)32-24/h2-12,18,20,22,29-30H,1H3/t18?,20?,22?,23-,24-/m0/s1. The summed E-state index contributed by atoms with van der Waals surface area (Å²) in [5, 5.41) is 24.0. The highest BCUT2D eigenvalue weighted by Crippen LogP contribution is 2.67. The van der Waals surface area contributed by atoms with Gasteiger partial charge in [-0.3, -0.25) is 9.78 Å². The van der Waals surface area contributed by atoms with Gasteiger partial charge in [0.15, 0.2) is 5.60 Å². The molecule has 2 heterocycles. The van der Waals surface area contributed by atoms with Gasteiger partial charge in [0.05, 0.1) is 23.9 Å². The smallest absolute Gasteiger partial charge is 0.312 e. The predicted octanol–water partition coefficient (Wildman–Crippen LogP) is 3.92. The zero-order valence-corrected chi connectivity index (χ0v) is 19.2. The number of esters is 1. The Bertz CT molecular complexity index is 1190. The summed E-state index contributed by atoms with van der Waals surface area (Å²) in [6.07, 6.45) is 1.26. The van der Waals surface area contributed by atoms with Crippen LogP contribution in [0.4, 0.5) is 0 Å². The van der Waals surface area contributed by atoms with Crippen LogP contribution in [-0.2, 0) is 20.7 Å². The average Bonchev–Trinajstić information content (AvgIpc) is 2.92. The topological polar surface area (TPSA) is 88.9 Å². The van der Waals surface area contributed by atoms with Crippen molar-refractivity contribution in [3.05, 3.63) is 93.2 Å². The molecule has 164 valence electrons. The molecular weight excluding hydrogens is 498 g/mol. The van der Waals surface area contributed by atoms with E-state index in [-0.39, 0.29) is 16.3 Å². The van der Waals surface area contributed by atoms with Crippen molar-refractivity contribution < 1.29 is 24.5 Å². The number of carbonyl (C=O) groups is 1. The Morgan fingerprint density at radius 3 is 2.50 bits per heavy atom. The molecule has 1 aliphatic carbocycles. The SMILES string of the molecule is COC(=O)C1C(c2ccccc2)[C@]2(c3ccc(Br)cc3)Oc3cncc(Cl)c3[C@@]1(O)C2O. The van der Waals surface area contributed by atoms with Crippen molar-refractivity contribution in [2.75, 3.05) is 7.11 Å². The van der Waals surface area contributed by atoms with Crippen molar-refractivity contribution >= 4 is 33.5 Å². The highest BCUT2D eigenvalue weighted by molar-refractivity contribution is 9.10. The summed E-state index contributed by atoms with van der Waals surface area (Å²) in [6, 6.07) is 16.4. The van der Waals surface area contributed by atoms with Crippen LogP contribution in [0, 0.1) is 5.92 Å². The van der Waals surface area contributed by atoms with Gasteiger partial charge >= 0.3 is 5.97 Å². The lowest BCUT2D eigenvalue weighted by molar-refractivity contribution is -0.172. The van der Waals surface area contributed by atoms with Gasteiger partial charge in [0.2, 0.25) is 0 Å². The third kappa shape index (κ3) is 2.72. The van der Waals surface area contributed by atoms with Gasteiger partial charge in [0, 0.05) is 16.6 Å². The van der Waals surface area contributed by atoms with Crippen LogP contribution < -0.4 is 4.74 Å². The summed E-state index contributed by atoms with van der Waals surface area (Å²) in [5.41, 5.74) is -2.15. The maximum Gasteiger partial charge on any atom is 0.312 e. The zero-order valence-electron chi connectivity index (χ0n) is 16.9. The number of methoxy groups -OCH3 is 1. The van der Waals surface area contributed by atoms with E-state index < -0.39 is 35.1 Å². The van der Waals surface area contributed by atoms with E-state index >= 15 is 0 Å². The van der Waals surface area contributed by atoms with Crippen LogP contribution in [0.15, 0.2) is 71.5 Å². The van der Waals surface area contributed by atoms with Gasteiger partial charge in [-0.1, -0.05) is 70.0 Å². The molecule has 3 unspecified atom stereocenters. The van der Waals surface area contributed by atoms with Crippen LogP contribution in [0.1, 0.15) is 22.6 Å². The number of pyridine rings is 1. The Morgan fingerprint density at radius 2 is 1.84 bits per heavy atom. The number of hydrogen-bond donors (Lipinski definition) is 2. The number of hydrogen-bond acceptors (Lipinski definition) is 6. The highest BCUT2D eigenvalue weighted by Gasteiger charge is 2.76.